The Hall–Kier alpha value is -3.15. The molecule has 0 saturated carbocycles. The van der Waals surface area contributed by atoms with Crippen molar-refractivity contribution in [3.8, 4) is 0 Å². The van der Waals surface area contributed by atoms with Gasteiger partial charge >= 0.3 is 0 Å². The minimum absolute atomic E-state index is 0.934. The zero-order chi connectivity index (χ0) is 18.1. The minimum Gasteiger partial charge on any atom is -0.353 e. The molecule has 6 heteroatoms. The van der Waals surface area contributed by atoms with E-state index in [9.17, 15) is 0 Å². The quantitative estimate of drug-likeness (QED) is 0.718. The predicted molar refractivity (Wildman–Crippen MR) is 108 cm³/mol. The van der Waals surface area contributed by atoms with E-state index in [1.54, 1.807) is 6.33 Å². The average Bonchev–Trinajstić information content (AvgIpc) is 3.19. The number of hydrogen-bond donors (Lipinski definition) is 0. The van der Waals surface area contributed by atoms with Crippen LogP contribution < -0.4 is 14.7 Å². The first kappa shape index (κ1) is 16.1. The third-order valence-corrected chi connectivity index (χ3v) is 5.38. The lowest BCUT2D eigenvalue weighted by Gasteiger charge is -2.36. The molecule has 0 spiro atoms. The van der Waals surface area contributed by atoms with Gasteiger partial charge in [-0.15, -0.1) is 0 Å². The Morgan fingerprint density at radius 1 is 0.667 bits per heavy atom. The van der Waals surface area contributed by atoms with Gasteiger partial charge in [0.05, 0.1) is 0 Å². The summed E-state index contributed by atoms with van der Waals surface area (Å²) in [6.07, 6.45) is 4.61. The number of anilines is 4. The van der Waals surface area contributed by atoms with E-state index in [-0.39, 0.29) is 0 Å². The van der Waals surface area contributed by atoms with E-state index >= 15 is 0 Å². The number of hydrogen-bond acceptors (Lipinski definition) is 6. The summed E-state index contributed by atoms with van der Waals surface area (Å²) in [5.74, 6) is 3.04. The largest absolute Gasteiger partial charge is 0.353 e. The van der Waals surface area contributed by atoms with Crippen molar-refractivity contribution < 1.29 is 0 Å². The molecule has 0 N–H and O–H groups in total. The molecule has 0 aliphatic carbocycles. The van der Waals surface area contributed by atoms with Crippen molar-refractivity contribution in [1.29, 1.82) is 0 Å². The second kappa shape index (κ2) is 6.87. The van der Waals surface area contributed by atoms with Crippen LogP contribution in [-0.2, 0) is 6.42 Å². The normalized spacial score (nSPS) is 16.5. The Bertz CT molecular complexity index is 921. The predicted octanol–water partition coefficient (Wildman–Crippen LogP) is 2.89. The highest BCUT2D eigenvalue weighted by Gasteiger charge is 2.23. The van der Waals surface area contributed by atoms with Crippen molar-refractivity contribution in [2.24, 2.45) is 0 Å². The Kier molecular flexibility index (Phi) is 4.08. The molecule has 27 heavy (non-hydrogen) atoms. The van der Waals surface area contributed by atoms with Crippen molar-refractivity contribution in [3.63, 3.8) is 0 Å². The second-order valence-electron chi connectivity index (χ2n) is 6.93. The molecule has 3 aromatic rings. The smallest absolute Gasteiger partial charge is 0.138 e. The third-order valence-electron chi connectivity index (χ3n) is 5.38. The van der Waals surface area contributed by atoms with Gasteiger partial charge in [0, 0.05) is 50.7 Å². The van der Waals surface area contributed by atoms with Crippen molar-refractivity contribution in [2.75, 3.05) is 47.4 Å². The highest BCUT2D eigenvalue weighted by Crippen LogP contribution is 2.34. The fourth-order valence-electron chi connectivity index (χ4n) is 3.94. The van der Waals surface area contributed by atoms with Crippen LogP contribution in [-0.4, -0.2) is 47.7 Å². The van der Waals surface area contributed by atoms with E-state index in [1.165, 1.54) is 11.3 Å². The first-order chi connectivity index (χ1) is 13.4. The third kappa shape index (κ3) is 3.07. The molecule has 1 aromatic carbocycles. The van der Waals surface area contributed by atoms with Crippen LogP contribution in [0.3, 0.4) is 0 Å². The standard InChI is InChI=1S/C21H22N6/c1-2-6-18-17(5-1)8-10-27(18)21-15-20(23-16-24-21)26-13-11-25(12-14-26)19-7-3-4-9-22-19/h1-7,9,15-16H,8,10-14H2. The number of pyridine rings is 1. The molecule has 0 unspecified atom stereocenters. The van der Waals surface area contributed by atoms with E-state index in [4.69, 9.17) is 0 Å². The van der Waals surface area contributed by atoms with Gasteiger partial charge in [0.15, 0.2) is 0 Å². The molecule has 5 rings (SSSR count). The van der Waals surface area contributed by atoms with Gasteiger partial charge in [-0.1, -0.05) is 24.3 Å². The van der Waals surface area contributed by atoms with E-state index in [0.29, 0.717) is 0 Å². The molecular weight excluding hydrogens is 336 g/mol. The van der Waals surface area contributed by atoms with Crippen molar-refractivity contribution in [3.05, 3.63) is 66.6 Å². The first-order valence-corrected chi connectivity index (χ1v) is 9.47. The lowest BCUT2D eigenvalue weighted by molar-refractivity contribution is 0.641. The number of rotatable bonds is 3. The van der Waals surface area contributed by atoms with Crippen LogP contribution in [0.25, 0.3) is 0 Å². The first-order valence-electron chi connectivity index (χ1n) is 9.47. The summed E-state index contributed by atoms with van der Waals surface area (Å²) >= 11 is 0. The topological polar surface area (TPSA) is 48.4 Å². The molecule has 2 aliphatic heterocycles. The van der Waals surface area contributed by atoms with Crippen LogP contribution >= 0.6 is 0 Å². The monoisotopic (exact) mass is 358 g/mol. The van der Waals surface area contributed by atoms with Crippen LogP contribution in [0.2, 0.25) is 0 Å². The highest BCUT2D eigenvalue weighted by molar-refractivity contribution is 5.69. The van der Waals surface area contributed by atoms with Crippen LogP contribution in [0.5, 0.6) is 0 Å². The molecular formula is C21H22N6. The Labute approximate surface area is 159 Å². The number of para-hydroxylation sites is 1. The summed E-state index contributed by atoms with van der Waals surface area (Å²) < 4.78 is 0. The van der Waals surface area contributed by atoms with E-state index in [1.807, 2.05) is 18.3 Å². The summed E-state index contributed by atoms with van der Waals surface area (Å²) in [6.45, 7) is 4.74. The number of piperazine rings is 1. The number of benzene rings is 1. The van der Waals surface area contributed by atoms with Crippen LogP contribution in [0.15, 0.2) is 61.1 Å². The maximum absolute atomic E-state index is 4.55. The fourth-order valence-corrected chi connectivity index (χ4v) is 3.94. The molecule has 0 atom stereocenters. The zero-order valence-corrected chi connectivity index (χ0v) is 15.2. The molecule has 1 fully saturated rings. The summed E-state index contributed by atoms with van der Waals surface area (Å²) in [5, 5.41) is 0. The number of nitrogens with zero attached hydrogens (tertiary/aromatic N) is 6. The van der Waals surface area contributed by atoms with Crippen LogP contribution in [0, 0.1) is 0 Å². The summed E-state index contributed by atoms with van der Waals surface area (Å²) in [6, 6.07) is 16.8. The van der Waals surface area contributed by atoms with Gasteiger partial charge in [0.2, 0.25) is 0 Å². The van der Waals surface area contributed by atoms with Gasteiger partial charge < -0.3 is 14.7 Å². The van der Waals surface area contributed by atoms with E-state index in [0.717, 1.165) is 56.6 Å². The van der Waals surface area contributed by atoms with Crippen molar-refractivity contribution >= 4 is 23.1 Å². The zero-order valence-electron chi connectivity index (χ0n) is 15.2. The Morgan fingerprint density at radius 3 is 2.22 bits per heavy atom. The van der Waals surface area contributed by atoms with Gasteiger partial charge in [0.25, 0.3) is 0 Å². The van der Waals surface area contributed by atoms with Crippen molar-refractivity contribution in [1.82, 2.24) is 15.0 Å². The molecule has 136 valence electrons. The lowest BCUT2D eigenvalue weighted by atomic mass is 10.2. The van der Waals surface area contributed by atoms with Gasteiger partial charge in [-0.05, 0) is 30.2 Å². The van der Waals surface area contributed by atoms with Crippen molar-refractivity contribution in [2.45, 2.75) is 6.42 Å². The fraction of sp³-hybridized carbons (Fsp3) is 0.286. The molecule has 0 bridgehead atoms. The second-order valence-corrected chi connectivity index (χ2v) is 6.93. The summed E-state index contributed by atoms with van der Waals surface area (Å²) in [5.41, 5.74) is 2.66. The molecule has 2 aliphatic rings. The summed E-state index contributed by atoms with van der Waals surface area (Å²) in [4.78, 5) is 20.5. The summed E-state index contributed by atoms with van der Waals surface area (Å²) in [7, 11) is 0. The van der Waals surface area contributed by atoms with E-state index < -0.39 is 0 Å². The molecule has 4 heterocycles. The molecule has 6 nitrogen and oxygen atoms in total. The Balaban J connectivity index is 1.32. The number of fused-ring (bicyclic) bond motifs is 1. The SMILES string of the molecule is c1ccc(N2CCN(c3cc(N4CCc5ccccc54)ncn3)CC2)nc1. The molecule has 0 radical (unpaired) electrons. The van der Waals surface area contributed by atoms with Gasteiger partial charge in [-0.3, -0.25) is 0 Å². The maximum Gasteiger partial charge on any atom is 0.138 e. The highest BCUT2D eigenvalue weighted by atomic mass is 15.3. The van der Waals surface area contributed by atoms with Crippen LogP contribution in [0.4, 0.5) is 23.1 Å². The van der Waals surface area contributed by atoms with Crippen LogP contribution in [0.1, 0.15) is 5.56 Å². The van der Waals surface area contributed by atoms with Gasteiger partial charge in [0.1, 0.15) is 23.8 Å². The molecule has 2 aromatic heterocycles. The number of aromatic nitrogens is 3. The minimum atomic E-state index is 0.934. The van der Waals surface area contributed by atoms with Gasteiger partial charge in [-0.25, -0.2) is 15.0 Å². The van der Waals surface area contributed by atoms with Gasteiger partial charge in [-0.2, -0.15) is 0 Å². The molecule has 1 saturated heterocycles. The van der Waals surface area contributed by atoms with E-state index in [2.05, 4.69) is 66.0 Å². The average molecular weight is 358 g/mol. The lowest BCUT2D eigenvalue weighted by Crippen LogP contribution is -2.47. The Morgan fingerprint density at radius 2 is 1.41 bits per heavy atom. The molecule has 0 amide bonds. The maximum atomic E-state index is 4.55.